The van der Waals surface area contributed by atoms with Gasteiger partial charge in [0, 0.05) is 0 Å². The van der Waals surface area contributed by atoms with Crippen LogP contribution in [0.4, 0.5) is 5.69 Å². The van der Waals surface area contributed by atoms with Gasteiger partial charge in [0.1, 0.15) is 0 Å². The van der Waals surface area contributed by atoms with E-state index in [0.717, 1.165) is 5.56 Å². The molecule has 1 aromatic heterocycles. The molecule has 0 fully saturated rings. The molecule has 1 heterocycles. The third kappa shape index (κ3) is 2.53. The Labute approximate surface area is 114 Å². The normalized spacial score (nSPS) is 9.83. The molecule has 0 unspecified atom stereocenters. The molecule has 0 bridgehead atoms. The lowest BCUT2D eigenvalue weighted by Gasteiger charge is -2.07. The van der Waals surface area contributed by atoms with E-state index in [1.54, 1.807) is 18.2 Å². The summed E-state index contributed by atoms with van der Waals surface area (Å²) in [5.41, 5.74) is 1.83. The highest BCUT2D eigenvalue weighted by molar-refractivity contribution is 7.12. The van der Waals surface area contributed by atoms with Gasteiger partial charge in [-0.1, -0.05) is 11.6 Å². The van der Waals surface area contributed by atoms with Crippen LogP contribution in [0.5, 0.6) is 0 Å². The highest BCUT2D eigenvalue weighted by Crippen LogP contribution is 2.25. The fourth-order valence-corrected chi connectivity index (χ4v) is 2.46. The fraction of sp³-hybridized carbons (Fsp3) is 0.0769. The van der Waals surface area contributed by atoms with E-state index >= 15 is 0 Å². The predicted octanol–water partition coefficient (Wildman–Crippen LogP) is 3.83. The van der Waals surface area contributed by atoms with Gasteiger partial charge in [0.15, 0.2) is 0 Å². The zero-order chi connectivity index (χ0) is 13.1. The maximum absolute atomic E-state index is 12.0. The second kappa shape index (κ2) is 5.21. The molecule has 0 saturated heterocycles. The summed E-state index contributed by atoms with van der Waals surface area (Å²) in [4.78, 5) is 12.7. The van der Waals surface area contributed by atoms with Crippen LogP contribution in [0.15, 0.2) is 29.6 Å². The van der Waals surface area contributed by atoms with E-state index in [4.69, 9.17) is 16.9 Å². The summed E-state index contributed by atoms with van der Waals surface area (Å²) >= 11 is 7.35. The zero-order valence-electron chi connectivity index (χ0n) is 9.53. The number of thiophene rings is 1. The Kier molecular flexibility index (Phi) is 3.66. The Morgan fingerprint density at radius 2 is 2.22 bits per heavy atom. The third-order valence-electron chi connectivity index (χ3n) is 2.41. The number of nitrogens with zero attached hydrogens (tertiary/aromatic N) is 1. The van der Waals surface area contributed by atoms with E-state index in [1.165, 1.54) is 11.3 Å². The average Bonchev–Trinajstić information content (AvgIpc) is 2.78. The maximum atomic E-state index is 12.0. The Morgan fingerprint density at radius 1 is 1.44 bits per heavy atom. The van der Waals surface area contributed by atoms with Crippen LogP contribution < -0.4 is 5.32 Å². The minimum absolute atomic E-state index is 0.209. The number of benzene rings is 1. The number of anilines is 1. The van der Waals surface area contributed by atoms with Crippen molar-refractivity contribution in [3.05, 3.63) is 50.7 Å². The van der Waals surface area contributed by atoms with Crippen molar-refractivity contribution < 1.29 is 4.79 Å². The van der Waals surface area contributed by atoms with Crippen LogP contribution in [-0.2, 0) is 0 Å². The summed E-state index contributed by atoms with van der Waals surface area (Å²) in [6.45, 7) is 1.87. The first-order valence-electron chi connectivity index (χ1n) is 5.17. The topological polar surface area (TPSA) is 52.9 Å². The molecule has 1 N–H and O–H groups in total. The molecule has 3 nitrogen and oxygen atoms in total. The zero-order valence-corrected chi connectivity index (χ0v) is 11.1. The van der Waals surface area contributed by atoms with Crippen LogP contribution in [-0.4, -0.2) is 5.91 Å². The molecule has 1 aromatic carbocycles. The first kappa shape index (κ1) is 12.6. The number of hydrogen-bond donors (Lipinski definition) is 1. The molecule has 0 spiro atoms. The number of hydrogen-bond acceptors (Lipinski definition) is 3. The van der Waals surface area contributed by atoms with Crippen molar-refractivity contribution >= 4 is 34.5 Å². The van der Waals surface area contributed by atoms with E-state index in [2.05, 4.69) is 5.32 Å². The van der Waals surface area contributed by atoms with Crippen molar-refractivity contribution in [3.63, 3.8) is 0 Å². The Balaban J connectivity index is 2.27. The molecule has 0 aliphatic heterocycles. The lowest BCUT2D eigenvalue weighted by Crippen LogP contribution is -2.11. The van der Waals surface area contributed by atoms with E-state index in [0.29, 0.717) is 21.2 Å². The van der Waals surface area contributed by atoms with Gasteiger partial charge in [0.25, 0.3) is 5.91 Å². The molecule has 0 aliphatic rings. The Bertz CT molecular complexity index is 643. The van der Waals surface area contributed by atoms with Crippen molar-refractivity contribution in [2.75, 3.05) is 5.32 Å². The van der Waals surface area contributed by atoms with Gasteiger partial charge in [-0.25, -0.2) is 0 Å². The summed E-state index contributed by atoms with van der Waals surface area (Å²) in [7, 11) is 0. The van der Waals surface area contributed by atoms with Crippen LogP contribution in [0.2, 0.25) is 5.02 Å². The first-order valence-corrected chi connectivity index (χ1v) is 6.42. The molecule has 90 valence electrons. The molecule has 0 radical (unpaired) electrons. The number of carbonyl (C=O) groups is 1. The number of rotatable bonds is 2. The smallest absolute Gasteiger partial charge is 0.266 e. The van der Waals surface area contributed by atoms with E-state index < -0.39 is 0 Å². The standard InChI is InChI=1S/C13H9ClN2OS/c1-8-4-5-18-12(8)13(17)16-11-6-9(7-15)2-3-10(11)14/h2-6H,1H3,(H,16,17). The van der Waals surface area contributed by atoms with Gasteiger partial charge in [-0.15, -0.1) is 11.3 Å². The van der Waals surface area contributed by atoms with Gasteiger partial charge < -0.3 is 5.32 Å². The number of amides is 1. The average molecular weight is 277 g/mol. The summed E-state index contributed by atoms with van der Waals surface area (Å²) in [6, 6.07) is 8.65. The SMILES string of the molecule is Cc1ccsc1C(=O)Nc1cc(C#N)ccc1Cl. The Morgan fingerprint density at radius 3 is 2.83 bits per heavy atom. The summed E-state index contributed by atoms with van der Waals surface area (Å²) in [5, 5.41) is 13.8. The first-order chi connectivity index (χ1) is 8.61. The molecule has 0 atom stereocenters. The second-order valence-corrected chi connectivity index (χ2v) is 5.02. The fourth-order valence-electron chi connectivity index (χ4n) is 1.48. The van der Waals surface area contributed by atoms with Crippen LogP contribution in [0.1, 0.15) is 20.8 Å². The molecule has 2 aromatic rings. The van der Waals surface area contributed by atoms with Gasteiger partial charge in [-0.3, -0.25) is 4.79 Å². The van der Waals surface area contributed by atoms with Crippen LogP contribution >= 0.6 is 22.9 Å². The van der Waals surface area contributed by atoms with Gasteiger partial charge >= 0.3 is 0 Å². The van der Waals surface area contributed by atoms with Crippen molar-refractivity contribution in [1.82, 2.24) is 0 Å². The monoisotopic (exact) mass is 276 g/mol. The lowest BCUT2D eigenvalue weighted by molar-refractivity contribution is 0.103. The summed E-state index contributed by atoms with van der Waals surface area (Å²) in [6.07, 6.45) is 0. The van der Waals surface area contributed by atoms with Crippen molar-refractivity contribution in [1.29, 1.82) is 5.26 Å². The maximum Gasteiger partial charge on any atom is 0.266 e. The molecular formula is C13H9ClN2OS. The second-order valence-electron chi connectivity index (χ2n) is 3.69. The number of carbonyl (C=O) groups excluding carboxylic acids is 1. The molecule has 2 rings (SSSR count). The molecule has 0 saturated carbocycles. The predicted molar refractivity (Wildman–Crippen MR) is 73.2 cm³/mol. The summed E-state index contributed by atoms with van der Waals surface area (Å²) in [5.74, 6) is -0.209. The minimum Gasteiger partial charge on any atom is -0.320 e. The van der Waals surface area contributed by atoms with E-state index in [-0.39, 0.29) is 5.91 Å². The summed E-state index contributed by atoms with van der Waals surface area (Å²) < 4.78 is 0. The van der Waals surface area contributed by atoms with Crippen molar-refractivity contribution in [3.8, 4) is 6.07 Å². The molecule has 5 heteroatoms. The third-order valence-corrected chi connectivity index (χ3v) is 3.76. The molecule has 0 aliphatic carbocycles. The lowest BCUT2D eigenvalue weighted by atomic mass is 10.2. The minimum atomic E-state index is -0.209. The van der Waals surface area contributed by atoms with Gasteiger partial charge in [0.2, 0.25) is 0 Å². The van der Waals surface area contributed by atoms with Gasteiger partial charge in [0.05, 0.1) is 27.2 Å². The van der Waals surface area contributed by atoms with E-state index in [1.807, 2.05) is 24.4 Å². The van der Waals surface area contributed by atoms with Crippen molar-refractivity contribution in [2.24, 2.45) is 0 Å². The van der Waals surface area contributed by atoms with Crippen LogP contribution in [0, 0.1) is 18.3 Å². The highest BCUT2D eigenvalue weighted by Gasteiger charge is 2.12. The van der Waals surface area contributed by atoms with Gasteiger partial charge in [-0.2, -0.15) is 5.26 Å². The number of aryl methyl sites for hydroxylation is 1. The van der Waals surface area contributed by atoms with Crippen LogP contribution in [0.25, 0.3) is 0 Å². The molecular weight excluding hydrogens is 268 g/mol. The number of halogens is 1. The molecule has 18 heavy (non-hydrogen) atoms. The van der Waals surface area contributed by atoms with Crippen molar-refractivity contribution in [2.45, 2.75) is 6.92 Å². The van der Waals surface area contributed by atoms with E-state index in [9.17, 15) is 4.79 Å². The van der Waals surface area contributed by atoms with Gasteiger partial charge in [-0.05, 0) is 42.1 Å². The molecule has 1 amide bonds. The number of nitriles is 1. The van der Waals surface area contributed by atoms with Crippen LogP contribution in [0.3, 0.4) is 0 Å². The quantitative estimate of drug-likeness (QED) is 0.906. The number of nitrogens with one attached hydrogen (secondary N) is 1. The largest absolute Gasteiger partial charge is 0.320 e. The highest BCUT2D eigenvalue weighted by atomic mass is 35.5. The Hall–Kier alpha value is -1.83.